The quantitative estimate of drug-likeness (QED) is 0.654. The van der Waals surface area contributed by atoms with Crippen molar-refractivity contribution >= 4 is 19.5 Å². The first-order valence-electron chi connectivity index (χ1n) is 5.18. The van der Waals surface area contributed by atoms with E-state index in [4.69, 9.17) is 14.2 Å². The van der Waals surface area contributed by atoms with E-state index in [0.717, 1.165) is 4.90 Å². The van der Waals surface area contributed by atoms with Crippen LogP contribution in [0.2, 0.25) is 0 Å². The van der Waals surface area contributed by atoms with Crippen LogP contribution in [0.25, 0.3) is 0 Å². The normalized spacial score (nSPS) is 11.2. The molecule has 0 unspecified atom stereocenters. The molecule has 0 radical (unpaired) electrons. The number of rotatable bonds is 8. The van der Waals surface area contributed by atoms with E-state index in [1.807, 2.05) is 0 Å². The number of carboxylic acids is 1. The van der Waals surface area contributed by atoms with Crippen molar-refractivity contribution in [3.8, 4) is 0 Å². The molecule has 100 valence electrons. The highest BCUT2D eigenvalue weighted by Crippen LogP contribution is 2.47. The fourth-order valence-corrected chi connectivity index (χ4v) is 2.72. The Morgan fingerprint density at radius 3 is 2.06 bits per heavy atom. The maximum Gasteiger partial charge on any atom is 0.340 e. The van der Waals surface area contributed by atoms with Gasteiger partial charge >= 0.3 is 13.6 Å². The van der Waals surface area contributed by atoms with Crippen LogP contribution in [0.4, 0.5) is 0 Å². The minimum atomic E-state index is -3.46. The summed E-state index contributed by atoms with van der Waals surface area (Å²) in [5, 5.41) is 8.51. The van der Waals surface area contributed by atoms with Crippen molar-refractivity contribution in [1.29, 1.82) is 0 Å². The molecule has 0 aliphatic heterocycles. The van der Waals surface area contributed by atoms with E-state index in [0.29, 0.717) is 0 Å². The molecule has 0 bridgehead atoms. The first-order chi connectivity index (χ1) is 7.84. The molecule has 0 saturated carbocycles. The van der Waals surface area contributed by atoms with Crippen LogP contribution >= 0.6 is 7.60 Å². The summed E-state index contributed by atoms with van der Waals surface area (Å²) in [6.45, 7) is 3.14. The molecule has 0 saturated heterocycles. The SMILES string of the molecule is CCOP(=O)(CC(=O)N(C)CC(=O)O)OCC. The Bertz CT molecular complexity index is 309. The fourth-order valence-electron chi connectivity index (χ4n) is 1.10. The third-order valence-electron chi connectivity index (χ3n) is 1.78. The molecule has 8 heteroatoms. The van der Waals surface area contributed by atoms with Gasteiger partial charge in [0.1, 0.15) is 12.7 Å². The topological polar surface area (TPSA) is 93.1 Å². The van der Waals surface area contributed by atoms with Gasteiger partial charge in [-0.1, -0.05) is 0 Å². The lowest BCUT2D eigenvalue weighted by atomic mass is 10.5. The van der Waals surface area contributed by atoms with Gasteiger partial charge in [-0.3, -0.25) is 14.2 Å². The molecule has 0 aliphatic rings. The highest BCUT2D eigenvalue weighted by molar-refractivity contribution is 7.54. The third kappa shape index (κ3) is 6.41. The van der Waals surface area contributed by atoms with Crippen molar-refractivity contribution in [2.45, 2.75) is 13.8 Å². The van der Waals surface area contributed by atoms with Crippen molar-refractivity contribution in [2.24, 2.45) is 0 Å². The minimum absolute atomic E-state index is 0.160. The molecular formula is C9H18NO6P. The molecule has 0 fully saturated rings. The number of nitrogens with zero attached hydrogens (tertiary/aromatic N) is 1. The smallest absolute Gasteiger partial charge is 0.340 e. The van der Waals surface area contributed by atoms with E-state index in [1.165, 1.54) is 7.05 Å². The summed E-state index contributed by atoms with van der Waals surface area (Å²) in [6.07, 6.45) is -0.446. The Balaban J connectivity index is 4.49. The number of carbonyl (C=O) groups excluding carboxylic acids is 1. The number of amides is 1. The number of carbonyl (C=O) groups is 2. The first kappa shape index (κ1) is 16.1. The average molecular weight is 267 g/mol. The molecule has 0 aromatic rings. The van der Waals surface area contributed by atoms with Gasteiger partial charge in [0.15, 0.2) is 0 Å². The van der Waals surface area contributed by atoms with Gasteiger partial charge in [-0.2, -0.15) is 0 Å². The average Bonchev–Trinajstić information content (AvgIpc) is 2.16. The van der Waals surface area contributed by atoms with E-state index in [-0.39, 0.29) is 13.2 Å². The summed E-state index contributed by atoms with van der Waals surface area (Å²) < 4.78 is 21.8. The van der Waals surface area contributed by atoms with Gasteiger partial charge in [-0.05, 0) is 13.8 Å². The zero-order valence-corrected chi connectivity index (χ0v) is 11.1. The predicted octanol–water partition coefficient (Wildman–Crippen LogP) is 0.795. The molecular weight excluding hydrogens is 249 g/mol. The van der Waals surface area contributed by atoms with Crippen LogP contribution in [0.15, 0.2) is 0 Å². The standard InChI is InChI=1S/C9H18NO6P/c1-4-15-17(14,16-5-2)7-8(11)10(3)6-9(12)13/h4-7H2,1-3H3,(H,12,13). The van der Waals surface area contributed by atoms with Crippen LogP contribution in [0.3, 0.4) is 0 Å². The minimum Gasteiger partial charge on any atom is -0.480 e. The molecule has 17 heavy (non-hydrogen) atoms. The second kappa shape index (κ2) is 7.42. The Kier molecular flexibility index (Phi) is 7.03. The lowest BCUT2D eigenvalue weighted by Crippen LogP contribution is -2.34. The zero-order valence-electron chi connectivity index (χ0n) is 10.2. The van der Waals surface area contributed by atoms with Crippen molar-refractivity contribution in [3.05, 3.63) is 0 Å². The Hall–Kier alpha value is -0.910. The van der Waals surface area contributed by atoms with Gasteiger partial charge in [0, 0.05) is 7.05 Å². The molecule has 0 aliphatic carbocycles. The van der Waals surface area contributed by atoms with E-state index < -0.39 is 32.2 Å². The van der Waals surface area contributed by atoms with E-state index in [2.05, 4.69) is 0 Å². The van der Waals surface area contributed by atoms with Gasteiger partial charge < -0.3 is 19.1 Å². The number of carboxylic acid groups (broad SMARTS) is 1. The van der Waals surface area contributed by atoms with Gasteiger partial charge in [-0.15, -0.1) is 0 Å². The molecule has 0 aromatic heterocycles. The molecule has 0 rings (SSSR count). The second-order valence-corrected chi connectivity index (χ2v) is 5.30. The maximum absolute atomic E-state index is 12.0. The van der Waals surface area contributed by atoms with E-state index >= 15 is 0 Å². The monoisotopic (exact) mass is 267 g/mol. The lowest BCUT2D eigenvalue weighted by molar-refractivity contribution is -0.142. The number of hydrogen-bond donors (Lipinski definition) is 1. The van der Waals surface area contributed by atoms with Crippen LogP contribution in [-0.4, -0.2) is 54.9 Å². The number of hydrogen-bond acceptors (Lipinski definition) is 5. The van der Waals surface area contributed by atoms with Crippen LogP contribution < -0.4 is 0 Å². The Morgan fingerprint density at radius 1 is 1.24 bits per heavy atom. The Labute approximate surface area is 100 Å². The van der Waals surface area contributed by atoms with Gasteiger partial charge in [0.05, 0.1) is 13.2 Å². The molecule has 1 N–H and O–H groups in total. The highest BCUT2D eigenvalue weighted by atomic mass is 31.2. The van der Waals surface area contributed by atoms with E-state index in [9.17, 15) is 14.2 Å². The fraction of sp³-hybridized carbons (Fsp3) is 0.778. The van der Waals surface area contributed by atoms with Crippen LogP contribution in [0.1, 0.15) is 13.8 Å². The summed E-state index contributed by atoms with van der Waals surface area (Å²) in [4.78, 5) is 22.9. The van der Waals surface area contributed by atoms with Crippen LogP contribution in [-0.2, 0) is 23.2 Å². The molecule has 0 atom stereocenters. The predicted molar refractivity (Wildman–Crippen MR) is 61.0 cm³/mol. The van der Waals surface area contributed by atoms with Gasteiger partial charge in [-0.25, -0.2) is 0 Å². The number of aliphatic carboxylic acids is 1. The molecule has 0 aromatic carbocycles. The molecule has 7 nitrogen and oxygen atoms in total. The van der Waals surface area contributed by atoms with Gasteiger partial charge in [0.2, 0.25) is 5.91 Å². The van der Waals surface area contributed by atoms with Crippen LogP contribution in [0.5, 0.6) is 0 Å². The van der Waals surface area contributed by atoms with E-state index in [1.54, 1.807) is 13.8 Å². The van der Waals surface area contributed by atoms with Crippen molar-refractivity contribution < 1.29 is 28.3 Å². The molecule has 1 amide bonds. The number of likely N-dealkylation sites (N-methyl/N-ethyl adjacent to an activating group) is 1. The second-order valence-electron chi connectivity index (χ2n) is 3.25. The first-order valence-corrected chi connectivity index (χ1v) is 6.91. The molecule has 0 spiro atoms. The summed E-state index contributed by atoms with van der Waals surface area (Å²) in [5.41, 5.74) is 0. The molecule has 0 heterocycles. The van der Waals surface area contributed by atoms with Crippen LogP contribution in [0, 0.1) is 0 Å². The lowest BCUT2D eigenvalue weighted by Gasteiger charge is -2.20. The maximum atomic E-state index is 12.0. The van der Waals surface area contributed by atoms with Crippen molar-refractivity contribution in [1.82, 2.24) is 4.90 Å². The van der Waals surface area contributed by atoms with Crippen molar-refractivity contribution in [2.75, 3.05) is 33.0 Å². The third-order valence-corrected chi connectivity index (χ3v) is 3.74. The van der Waals surface area contributed by atoms with Crippen molar-refractivity contribution in [3.63, 3.8) is 0 Å². The summed E-state index contributed by atoms with van der Waals surface area (Å²) in [6, 6.07) is 0. The summed E-state index contributed by atoms with van der Waals surface area (Å²) in [7, 11) is -2.14. The summed E-state index contributed by atoms with van der Waals surface area (Å²) >= 11 is 0. The highest BCUT2D eigenvalue weighted by Gasteiger charge is 2.29. The summed E-state index contributed by atoms with van der Waals surface area (Å²) in [5.74, 6) is -1.72. The van der Waals surface area contributed by atoms with Gasteiger partial charge in [0.25, 0.3) is 0 Å². The largest absolute Gasteiger partial charge is 0.480 e. The Morgan fingerprint density at radius 2 is 1.71 bits per heavy atom. The zero-order chi connectivity index (χ0) is 13.5.